The number of hydrogen-bond acceptors (Lipinski definition) is 5. The first kappa shape index (κ1) is 24.9. The largest absolute Gasteiger partial charge is 0.491 e. The average molecular weight is 412 g/mol. The molecule has 162 valence electrons. The van der Waals surface area contributed by atoms with Gasteiger partial charge < -0.3 is 20.5 Å². The Kier molecular flexibility index (Phi) is 10.9. The molecule has 1 amide bonds. The first-order valence-corrected chi connectivity index (χ1v) is 9.74. The fourth-order valence-electron chi connectivity index (χ4n) is 2.67. The molecule has 0 radical (unpaired) electrons. The predicted molar refractivity (Wildman–Crippen MR) is 124 cm³/mol. The fourth-order valence-corrected chi connectivity index (χ4v) is 2.67. The maximum atomic E-state index is 10.6. The Bertz CT molecular complexity index is 885. The van der Waals surface area contributed by atoms with Gasteiger partial charge in [0.1, 0.15) is 12.4 Å². The summed E-state index contributed by atoms with van der Waals surface area (Å²) in [4.78, 5) is 14.8. The Labute approximate surface area is 179 Å². The summed E-state index contributed by atoms with van der Waals surface area (Å²) in [6, 6.07) is 13.6. The van der Waals surface area contributed by atoms with Gasteiger partial charge in [0.05, 0.1) is 12.3 Å². The Morgan fingerprint density at radius 3 is 2.40 bits per heavy atom. The minimum atomic E-state index is 0.612. The predicted octanol–water partition coefficient (Wildman–Crippen LogP) is 4.26. The molecular weight excluding hydrogens is 378 g/mol. The van der Waals surface area contributed by atoms with Gasteiger partial charge in [0.25, 0.3) is 0 Å². The Morgan fingerprint density at radius 2 is 1.80 bits per heavy atom. The molecule has 0 spiro atoms. The molecule has 0 atom stereocenters. The molecule has 0 unspecified atom stereocenters. The number of allylic oxidation sites excluding steroid dienone is 2. The van der Waals surface area contributed by atoms with Gasteiger partial charge in [0.2, 0.25) is 6.41 Å². The van der Waals surface area contributed by atoms with Crippen LogP contribution in [0, 0.1) is 13.8 Å². The molecule has 2 aromatic carbocycles. The van der Waals surface area contributed by atoms with Crippen LogP contribution in [0.15, 0.2) is 58.7 Å². The number of anilines is 1. The molecule has 0 saturated heterocycles. The highest BCUT2D eigenvalue weighted by molar-refractivity contribution is 6.16. The first-order valence-electron chi connectivity index (χ1n) is 9.74. The lowest BCUT2D eigenvalue weighted by atomic mass is 10.0. The van der Waals surface area contributed by atoms with E-state index in [1.54, 1.807) is 14.2 Å². The van der Waals surface area contributed by atoms with Crippen LogP contribution in [0.1, 0.15) is 30.5 Å². The summed E-state index contributed by atoms with van der Waals surface area (Å²) in [5, 5.41) is 2.66. The zero-order chi connectivity index (χ0) is 22.5. The number of carbonyl (C=O) groups is 1. The van der Waals surface area contributed by atoms with Crippen molar-refractivity contribution >= 4 is 17.8 Å². The summed E-state index contributed by atoms with van der Waals surface area (Å²) in [7, 11) is 3.38. The van der Waals surface area contributed by atoms with Gasteiger partial charge in [-0.25, -0.2) is 0 Å². The Balaban J connectivity index is 0.000000311. The van der Waals surface area contributed by atoms with Gasteiger partial charge in [-0.05, 0) is 56.5 Å². The van der Waals surface area contributed by atoms with E-state index in [4.69, 9.17) is 15.2 Å². The third-order valence-electron chi connectivity index (χ3n) is 4.67. The van der Waals surface area contributed by atoms with Gasteiger partial charge in [-0.15, -0.1) is 0 Å². The molecule has 0 bridgehead atoms. The highest BCUT2D eigenvalue weighted by atomic mass is 16.5. The zero-order valence-corrected chi connectivity index (χ0v) is 18.8. The van der Waals surface area contributed by atoms with Gasteiger partial charge in [-0.1, -0.05) is 30.3 Å². The SMILES string of the molecule is CN=C(/C(C)=C(\C)N)c1ccccc1NC=O.COCCOc1cccc(C)c1C. The minimum absolute atomic E-state index is 0.612. The number of amides is 1. The standard InChI is InChI=1S/C13H17N3O.C11H16O2/c1-9(10(2)14)13(15-3)11-6-4-5-7-12(11)16-8-17;1-9-5-4-6-11(10(9)2)13-8-7-12-3/h4-8H,14H2,1-3H3,(H,16,17);4-6H,7-8H2,1-3H3/b10-9+,15-13?;. The van der Waals surface area contributed by atoms with E-state index in [2.05, 4.69) is 30.2 Å². The number of rotatable bonds is 8. The number of benzene rings is 2. The molecule has 6 heteroatoms. The molecule has 2 rings (SSSR count). The molecule has 0 saturated carbocycles. The van der Waals surface area contributed by atoms with Crippen molar-refractivity contribution in [3.8, 4) is 5.75 Å². The smallest absolute Gasteiger partial charge is 0.211 e. The van der Waals surface area contributed by atoms with E-state index < -0.39 is 0 Å². The van der Waals surface area contributed by atoms with Gasteiger partial charge in [0.15, 0.2) is 0 Å². The van der Waals surface area contributed by atoms with E-state index in [0.29, 0.717) is 25.3 Å². The number of methoxy groups -OCH3 is 1. The summed E-state index contributed by atoms with van der Waals surface area (Å²) in [5.74, 6) is 0.956. The van der Waals surface area contributed by atoms with Crippen molar-refractivity contribution in [3.05, 3.63) is 70.4 Å². The summed E-state index contributed by atoms with van der Waals surface area (Å²) in [6.07, 6.45) is 0.653. The number of carbonyl (C=O) groups excluding carboxylic acids is 1. The number of para-hydroxylation sites is 1. The summed E-state index contributed by atoms with van der Waals surface area (Å²) in [6.45, 7) is 9.13. The van der Waals surface area contributed by atoms with Crippen LogP contribution in [0.5, 0.6) is 5.75 Å². The van der Waals surface area contributed by atoms with E-state index in [1.807, 2.05) is 50.2 Å². The minimum Gasteiger partial charge on any atom is -0.491 e. The van der Waals surface area contributed by atoms with Crippen molar-refractivity contribution in [2.75, 3.05) is 32.7 Å². The number of hydrogen-bond donors (Lipinski definition) is 2. The van der Waals surface area contributed by atoms with Gasteiger partial charge >= 0.3 is 0 Å². The number of aliphatic imine (C=N–C) groups is 1. The number of nitrogens with one attached hydrogen (secondary N) is 1. The Hall–Kier alpha value is -3.12. The van der Waals surface area contributed by atoms with Crippen molar-refractivity contribution in [2.45, 2.75) is 27.7 Å². The highest BCUT2D eigenvalue weighted by Gasteiger charge is 2.11. The van der Waals surface area contributed by atoms with Crippen LogP contribution >= 0.6 is 0 Å². The summed E-state index contributed by atoms with van der Waals surface area (Å²) in [5.41, 5.74) is 12.3. The Morgan fingerprint density at radius 1 is 1.10 bits per heavy atom. The van der Waals surface area contributed by atoms with Crippen LogP contribution in [0.2, 0.25) is 0 Å². The summed E-state index contributed by atoms with van der Waals surface area (Å²) >= 11 is 0. The topological polar surface area (TPSA) is 85.9 Å². The number of nitrogens with zero attached hydrogens (tertiary/aromatic N) is 1. The van der Waals surface area contributed by atoms with Crippen molar-refractivity contribution in [1.82, 2.24) is 0 Å². The molecule has 0 aliphatic heterocycles. The number of aryl methyl sites for hydroxylation is 1. The quantitative estimate of drug-likeness (QED) is 0.386. The maximum Gasteiger partial charge on any atom is 0.211 e. The van der Waals surface area contributed by atoms with Crippen molar-refractivity contribution < 1.29 is 14.3 Å². The third kappa shape index (κ3) is 7.37. The van der Waals surface area contributed by atoms with E-state index in [-0.39, 0.29) is 0 Å². The lowest BCUT2D eigenvalue weighted by Crippen LogP contribution is -2.11. The highest BCUT2D eigenvalue weighted by Crippen LogP contribution is 2.21. The molecule has 2 aromatic rings. The van der Waals surface area contributed by atoms with Crippen LogP contribution in [-0.2, 0) is 9.53 Å². The zero-order valence-electron chi connectivity index (χ0n) is 18.8. The van der Waals surface area contributed by atoms with Gasteiger partial charge in [0, 0.05) is 31.1 Å². The van der Waals surface area contributed by atoms with Crippen LogP contribution < -0.4 is 15.8 Å². The molecule has 0 aliphatic carbocycles. The lowest BCUT2D eigenvalue weighted by molar-refractivity contribution is -0.105. The monoisotopic (exact) mass is 411 g/mol. The van der Waals surface area contributed by atoms with Gasteiger partial charge in [-0.2, -0.15) is 0 Å². The molecule has 30 heavy (non-hydrogen) atoms. The van der Waals surface area contributed by atoms with Crippen molar-refractivity contribution in [2.24, 2.45) is 10.7 Å². The molecule has 0 aliphatic rings. The molecular formula is C24H33N3O3. The fraction of sp³-hybridized carbons (Fsp3) is 0.333. The molecule has 0 heterocycles. The first-order chi connectivity index (χ1) is 14.4. The van der Waals surface area contributed by atoms with Crippen LogP contribution in [0.25, 0.3) is 0 Å². The summed E-state index contributed by atoms with van der Waals surface area (Å²) < 4.78 is 10.4. The third-order valence-corrected chi connectivity index (χ3v) is 4.67. The van der Waals surface area contributed by atoms with Crippen molar-refractivity contribution in [3.63, 3.8) is 0 Å². The van der Waals surface area contributed by atoms with E-state index in [9.17, 15) is 4.79 Å². The van der Waals surface area contributed by atoms with Crippen LogP contribution in [-0.4, -0.2) is 39.5 Å². The van der Waals surface area contributed by atoms with E-state index in [1.165, 1.54) is 11.1 Å². The second kappa shape index (κ2) is 13.2. The molecule has 0 aromatic heterocycles. The van der Waals surface area contributed by atoms with E-state index in [0.717, 1.165) is 28.3 Å². The lowest BCUT2D eigenvalue weighted by Gasteiger charge is -2.12. The average Bonchev–Trinajstić information content (AvgIpc) is 2.73. The second-order valence-corrected chi connectivity index (χ2v) is 6.73. The number of nitrogens with two attached hydrogens (primary N) is 1. The number of ether oxygens (including phenoxy) is 2. The maximum absolute atomic E-state index is 10.6. The molecule has 0 fully saturated rings. The van der Waals surface area contributed by atoms with Crippen LogP contribution in [0.3, 0.4) is 0 Å². The van der Waals surface area contributed by atoms with Crippen LogP contribution in [0.4, 0.5) is 5.69 Å². The van der Waals surface area contributed by atoms with E-state index >= 15 is 0 Å². The second-order valence-electron chi connectivity index (χ2n) is 6.73. The normalized spacial score (nSPS) is 11.7. The van der Waals surface area contributed by atoms with Gasteiger partial charge in [-0.3, -0.25) is 9.79 Å². The molecule has 6 nitrogen and oxygen atoms in total. The van der Waals surface area contributed by atoms with Crippen molar-refractivity contribution in [1.29, 1.82) is 0 Å². The molecule has 3 N–H and O–H groups in total.